The van der Waals surface area contributed by atoms with Gasteiger partial charge in [-0.1, -0.05) is 26.2 Å². The summed E-state index contributed by atoms with van der Waals surface area (Å²) in [4.78, 5) is 12.9. The first-order valence-electron chi connectivity index (χ1n) is 9.15. The fourth-order valence-electron chi connectivity index (χ4n) is 2.92. The van der Waals surface area contributed by atoms with Crippen molar-refractivity contribution in [1.82, 2.24) is 19.5 Å². The van der Waals surface area contributed by atoms with E-state index in [0.717, 1.165) is 25.0 Å². The number of hydrogen-bond acceptors (Lipinski definition) is 8. The highest BCUT2D eigenvalue weighted by Crippen LogP contribution is 2.33. The van der Waals surface area contributed by atoms with Crippen molar-refractivity contribution in [3.8, 4) is 11.8 Å². The summed E-state index contributed by atoms with van der Waals surface area (Å²) in [5.41, 5.74) is 6.86. The number of imidazole rings is 1. The summed E-state index contributed by atoms with van der Waals surface area (Å²) in [6.45, 7) is 4.14. The molecular weight excluding hydrogens is 366 g/mol. The van der Waals surface area contributed by atoms with Gasteiger partial charge in [-0.15, -0.1) is 0 Å². The van der Waals surface area contributed by atoms with E-state index in [1.165, 1.54) is 6.33 Å². The van der Waals surface area contributed by atoms with E-state index >= 15 is 0 Å². The topological polar surface area (TPSA) is 119 Å². The molecule has 4 atom stereocenters. The molecule has 3 heterocycles. The maximum absolute atomic E-state index is 10.5. The van der Waals surface area contributed by atoms with Crippen LogP contribution in [0.15, 0.2) is 6.33 Å². The molecule has 1 aliphatic rings. The van der Waals surface area contributed by atoms with Gasteiger partial charge in [-0.3, -0.25) is 4.57 Å². The minimum atomic E-state index is -1.08. The molecule has 0 spiro atoms. The Morgan fingerprint density at radius 2 is 2.11 bits per heavy atom. The highest BCUT2D eigenvalue weighted by molar-refractivity contribution is 7.99. The molecule has 1 saturated heterocycles. The van der Waals surface area contributed by atoms with Gasteiger partial charge in [0.15, 0.2) is 17.7 Å². The van der Waals surface area contributed by atoms with Crippen molar-refractivity contribution in [3.63, 3.8) is 0 Å². The molecule has 2 aromatic rings. The van der Waals surface area contributed by atoms with Crippen LogP contribution in [0.1, 0.15) is 45.2 Å². The average molecular weight is 391 g/mol. The molecule has 2 aromatic heterocycles. The van der Waals surface area contributed by atoms with Gasteiger partial charge in [-0.05, 0) is 18.1 Å². The van der Waals surface area contributed by atoms with Gasteiger partial charge in [0.1, 0.15) is 17.7 Å². The number of nitrogens with zero attached hydrogens (tertiary/aromatic N) is 4. The van der Waals surface area contributed by atoms with E-state index in [-0.39, 0.29) is 5.82 Å². The Morgan fingerprint density at radius 1 is 1.30 bits per heavy atom. The lowest BCUT2D eigenvalue weighted by Gasteiger charge is -2.16. The Bertz CT molecular complexity index is 847. The van der Waals surface area contributed by atoms with E-state index in [9.17, 15) is 10.2 Å². The van der Waals surface area contributed by atoms with E-state index in [1.54, 1.807) is 16.3 Å². The van der Waals surface area contributed by atoms with Crippen molar-refractivity contribution in [2.75, 3.05) is 17.2 Å². The third-order valence-electron chi connectivity index (χ3n) is 4.40. The molecule has 0 aliphatic carbocycles. The van der Waals surface area contributed by atoms with Gasteiger partial charge in [-0.2, -0.15) is 11.8 Å². The van der Waals surface area contributed by atoms with Gasteiger partial charge in [0.05, 0.1) is 12.4 Å². The largest absolute Gasteiger partial charge is 0.387 e. The molecule has 0 aromatic carbocycles. The highest BCUT2D eigenvalue weighted by atomic mass is 32.2. The quantitative estimate of drug-likeness (QED) is 0.498. The normalized spacial score (nSPS) is 24.9. The van der Waals surface area contributed by atoms with Crippen LogP contribution in [0.2, 0.25) is 0 Å². The number of rotatable bonds is 6. The van der Waals surface area contributed by atoms with Crippen molar-refractivity contribution >= 4 is 28.7 Å². The van der Waals surface area contributed by atoms with Crippen molar-refractivity contribution in [3.05, 3.63) is 12.2 Å². The monoisotopic (exact) mass is 391 g/mol. The Kier molecular flexibility index (Phi) is 6.55. The summed E-state index contributed by atoms with van der Waals surface area (Å²) < 4.78 is 7.49. The first-order chi connectivity index (χ1) is 13.1. The minimum absolute atomic E-state index is 0.227. The Morgan fingerprint density at radius 3 is 2.85 bits per heavy atom. The van der Waals surface area contributed by atoms with Crippen LogP contribution >= 0.6 is 11.8 Å². The Labute approximate surface area is 162 Å². The molecule has 27 heavy (non-hydrogen) atoms. The molecule has 1 fully saturated rings. The number of aliphatic hydroxyl groups is 2. The van der Waals surface area contributed by atoms with Crippen LogP contribution in [-0.2, 0) is 4.74 Å². The summed E-state index contributed by atoms with van der Waals surface area (Å²) in [5.74, 6) is 8.01. The average Bonchev–Trinajstić information content (AvgIpc) is 3.19. The van der Waals surface area contributed by atoms with E-state index < -0.39 is 24.5 Å². The van der Waals surface area contributed by atoms with Crippen LogP contribution in [0.3, 0.4) is 0 Å². The van der Waals surface area contributed by atoms with Crippen LogP contribution in [0, 0.1) is 11.8 Å². The molecule has 0 saturated carbocycles. The zero-order valence-electron chi connectivity index (χ0n) is 15.5. The van der Waals surface area contributed by atoms with Gasteiger partial charge < -0.3 is 20.7 Å². The number of ether oxygens (including phenoxy) is 1. The minimum Gasteiger partial charge on any atom is -0.387 e. The lowest BCUT2D eigenvalue weighted by Crippen LogP contribution is -2.32. The number of thioether (sulfide) groups is 1. The second-order valence-corrected chi connectivity index (χ2v) is 7.69. The van der Waals surface area contributed by atoms with Crippen molar-refractivity contribution < 1.29 is 14.9 Å². The van der Waals surface area contributed by atoms with Crippen molar-refractivity contribution in [1.29, 1.82) is 0 Å². The summed E-state index contributed by atoms with van der Waals surface area (Å²) >= 11 is 1.65. The molecule has 8 nitrogen and oxygen atoms in total. The molecule has 1 aliphatic heterocycles. The third kappa shape index (κ3) is 4.19. The van der Waals surface area contributed by atoms with Crippen LogP contribution in [0.25, 0.3) is 11.2 Å². The number of nitrogen functional groups attached to an aromatic ring is 1. The first kappa shape index (κ1) is 19.9. The molecule has 0 unspecified atom stereocenters. The lowest BCUT2D eigenvalue weighted by molar-refractivity contribution is -0.0289. The maximum atomic E-state index is 10.5. The fourth-order valence-corrected chi connectivity index (χ4v) is 3.66. The van der Waals surface area contributed by atoms with Gasteiger partial charge in [0.2, 0.25) is 5.82 Å². The van der Waals surface area contributed by atoms with Gasteiger partial charge in [-0.25, -0.2) is 15.0 Å². The molecule has 4 N–H and O–H groups in total. The van der Waals surface area contributed by atoms with Crippen LogP contribution in [0.4, 0.5) is 5.82 Å². The van der Waals surface area contributed by atoms with E-state index in [4.69, 9.17) is 10.5 Å². The summed E-state index contributed by atoms with van der Waals surface area (Å²) in [6, 6.07) is 0. The predicted molar refractivity (Wildman–Crippen MR) is 105 cm³/mol. The SMILES string of the molecule is CCCCC#Cc1nc(N)c2ncn([C@@H]3O[C@H](CSCC)[C@@H](O)[C@H]3O)c2n1. The molecule has 0 amide bonds. The number of aromatic nitrogens is 4. The number of nitrogens with two attached hydrogens (primary N) is 1. The van der Waals surface area contributed by atoms with Crippen LogP contribution < -0.4 is 5.73 Å². The first-order valence-corrected chi connectivity index (χ1v) is 10.3. The molecule has 146 valence electrons. The zero-order valence-corrected chi connectivity index (χ0v) is 16.3. The Hall–Kier alpha value is -1.86. The molecule has 9 heteroatoms. The van der Waals surface area contributed by atoms with Gasteiger partial charge in [0, 0.05) is 12.2 Å². The van der Waals surface area contributed by atoms with E-state index in [0.29, 0.717) is 22.7 Å². The number of fused-ring (bicyclic) bond motifs is 1. The number of unbranched alkanes of at least 4 members (excludes halogenated alkanes) is 2. The molecule has 0 bridgehead atoms. The maximum Gasteiger partial charge on any atom is 0.208 e. The second kappa shape index (κ2) is 8.89. The van der Waals surface area contributed by atoms with Crippen LogP contribution in [-0.4, -0.2) is 59.5 Å². The lowest BCUT2D eigenvalue weighted by atomic mass is 10.1. The Balaban J connectivity index is 1.90. The molecule has 3 rings (SSSR count). The van der Waals surface area contributed by atoms with E-state index in [1.807, 2.05) is 6.92 Å². The number of hydrogen-bond donors (Lipinski definition) is 3. The predicted octanol–water partition coefficient (Wildman–Crippen LogP) is 1.32. The van der Waals surface area contributed by atoms with Crippen molar-refractivity contribution in [2.24, 2.45) is 0 Å². The van der Waals surface area contributed by atoms with Gasteiger partial charge >= 0.3 is 0 Å². The fraction of sp³-hybridized carbons (Fsp3) is 0.611. The summed E-state index contributed by atoms with van der Waals surface area (Å²) in [6.07, 6.45) is 1.05. The van der Waals surface area contributed by atoms with Crippen molar-refractivity contribution in [2.45, 2.75) is 57.6 Å². The third-order valence-corrected chi connectivity index (χ3v) is 5.37. The molecular formula is C18H25N5O3S. The number of aliphatic hydroxyl groups excluding tert-OH is 2. The molecule has 0 radical (unpaired) electrons. The standard InChI is InChI=1S/C18H25N5O3S/c1-3-5-6-7-8-12-21-16(19)13-17(22-12)23(10-20-13)18-15(25)14(24)11(26-18)9-27-4-2/h10-11,14-15,18,24-25H,3-6,9H2,1-2H3,(H2,19,21,22)/t11-,14-,15-,18-/m1/s1. The summed E-state index contributed by atoms with van der Waals surface area (Å²) in [7, 11) is 0. The smallest absolute Gasteiger partial charge is 0.208 e. The second-order valence-electron chi connectivity index (χ2n) is 6.37. The van der Waals surface area contributed by atoms with Crippen LogP contribution in [0.5, 0.6) is 0 Å². The highest BCUT2D eigenvalue weighted by Gasteiger charge is 2.44. The number of anilines is 1. The zero-order chi connectivity index (χ0) is 19.4. The van der Waals surface area contributed by atoms with E-state index in [2.05, 4.69) is 33.7 Å². The summed E-state index contributed by atoms with van der Waals surface area (Å²) in [5, 5.41) is 20.8. The van der Waals surface area contributed by atoms with Gasteiger partial charge in [0.25, 0.3) is 0 Å².